The van der Waals surface area contributed by atoms with E-state index in [0.717, 1.165) is 11.5 Å². The molecular weight excluding hydrogens is 484 g/mol. The molecule has 0 aliphatic carbocycles. The van der Waals surface area contributed by atoms with Crippen molar-refractivity contribution < 1.29 is 42.8 Å². The number of hydrogen-bond acceptors (Lipinski definition) is 10. The van der Waals surface area contributed by atoms with Gasteiger partial charge in [-0.15, -0.1) is 0 Å². The largest absolute Gasteiger partial charge is 0.497 e. The van der Waals surface area contributed by atoms with Crippen LogP contribution in [0.2, 0.25) is 0 Å². The van der Waals surface area contributed by atoms with Crippen molar-refractivity contribution >= 4 is 17.8 Å². The molecule has 11 heteroatoms. The van der Waals surface area contributed by atoms with E-state index in [1.165, 1.54) is 26.3 Å². The molecule has 1 aromatic carbocycles. The quantitative estimate of drug-likeness (QED) is 0.326. The van der Waals surface area contributed by atoms with Crippen LogP contribution >= 0.6 is 0 Å². The Labute approximate surface area is 217 Å². The topological polar surface area (TPSA) is 146 Å². The summed E-state index contributed by atoms with van der Waals surface area (Å²) < 4.78 is 31.1. The summed E-state index contributed by atoms with van der Waals surface area (Å²) in [6.45, 7) is 8.62. The summed E-state index contributed by atoms with van der Waals surface area (Å²) in [5.74, 6) is 0.562. The summed E-state index contributed by atoms with van der Waals surface area (Å²) in [4.78, 5) is 36.9. The van der Waals surface area contributed by atoms with Gasteiger partial charge in [0.2, 0.25) is 6.79 Å². The van der Waals surface area contributed by atoms with E-state index in [4.69, 9.17) is 29.4 Å². The van der Waals surface area contributed by atoms with Crippen molar-refractivity contribution in [1.29, 1.82) is 0 Å². The van der Waals surface area contributed by atoms with Gasteiger partial charge in [0.1, 0.15) is 23.7 Å². The summed E-state index contributed by atoms with van der Waals surface area (Å²) >= 11 is 0. The average molecular weight is 521 g/mol. The van der Waals surface area contributed by atoms with Crippen LogP contribution in [0.3, 0.4) is 0 Å². The molecule has 2 unspecified atom stereocenters. The third kappa shape index (κ3) is 10.6. The molecule has 2 N–H and O–H groups in total. The number of methoxy groups -OCH3 is 2. The summed E-state index contributed by atoms with van der Waals surface area (Å²) in [6, 6.07) is 8.85. The van der Waals surface area contributed by atoms with Crippen molar-refractivity contribution in [2.24, 2.45) is 11.7 Å². The normalized spacial score (nSPS) is 11.8. The predicted molar refractivity (Wildman–Crippen MR) is 135 cm³/mol. The van der Waals surface area contributed by atoms with Crippen LogP contribution in [-0.4, -0.2) is 56.1 Å². The van der Waals surface area contributed by atoms with Gasteiger partial charge in [-0.1, -0.05) is 20.8 Å². The molecule has 0 spiro atoms. The zero-order valence-corrected chi connectivity index (χ0v) is 22.3. The number of primary amides is 1. The minimum Gasteiger partial charge on any atom is -0.497 e. The van der Waals surface area contributed by atoms with Gasteiger partial charge in [-0.2, -0.15) is 0 Å². The lowest BCUT2D eigenvalue weighted by Gasteiger charge is -2.27. The highest BCUT2D eigenvalue weighted by molar-refractivity contribution is 5.94. The Bertz CT molecular complexity index is 1010. The second-order valence-corrected chi connectivity index (χ2v) is 8.00. The first-order valence-corrected chi connectivity index (χ1v) is 11.6. The van der Waals surface area contributed by atoms with Gasteiger partial charge in [-0.05, 0) is 37.1 Å². The molecule has 0 aliphatic rings. The lowest BCUT2D eigenvalue weighted by Crippen LogP contribution is -2.37. The summed E-state index contributed by atoms with van der Waals surface area (Å²) in [7, 11) is 3.02. The number of ether oxygens (including phenoxy) is 6. The van der Waals surface area contributed by atoms with Crippen LogP contribution in [0.25, 0.3) is 0 Å². The van der Waals surface area contributed by atoms with Gasteiger partial charge in [0.15, 0.2) is 17.2 Å². The fourth-order valence-electron chi connectivity index (χ4n) is 3.02. The number of nitrogens with zero attached hydrogens (tertiary/aromatic N) is 1. The van der Waals surface area contributed by atoms with Gasteiger partial charge in [0.05, 0.1) is 14.2 Å². The molecule has 0 radical (unpaired) electrons. The molecule has 2 atom stereocenters. The molecule has 1 amide bonds. The second kappa shape index (κ2) is 15.9. The molecule has 204 valence electrons. The van der Waals surface area contributed by atoms with Crippen LogP contribution in [0, 0.1) is 5.92 Å². The first-order valence-electron chi connectivity index (χ1n) is 11.6. The number of carbonyl (C=O) groups excluding carboxylic acids is 3. The summed E-state index contributed by atoms with van der Waals surface area (Å²) in [5.41, 5.74) is 5.04. The average Bonchev–Trinajstić information content (AvgIpc) is 2.87. The maximum absolute atomic E-state index is 11.5. The molecular formula is C26H36N2O9. The highest BCUT2D eigenvalue weighted by Crippen LogP contribution is 2.29. The van der Waals surface area contributed by atoms with Crippen LogP contribution in [0.15, 0.2) is 36.5 Å². The number of amides is 1. The molecule has 0 fully saturated rings. The number of nitrogens with two attached hydrogens (primary N) is 1. The molecule has 0 saturated carbocycles. The zero-order chi connectivity index (χ0) is 28.0. The maximum Gasteiger partial charge on any atom is 0.305 e. The van der Waals surface area contributed by atoms with Crippen molar-refractivity contribution in [2.75, 3.05) is 21.0 Å². The first-order chi connectivity index (χ1) is 17.5. The number of aromatic nitrogens is 1. The van der Waals surface area contributed by atoms with Crippen molar-refractivity contribution in [2.45, 2.75) is 53.2 Å². The summed E-state index contributed by atoms with van der Waals surface area (Å²) in [5, 5.41) is 0. The Balaban J connectivity index is 0.000000375. The second-order valence-electron chi connectivity index (χ2n) is 8.00. The first kappa shape index (κ1) is 31.0. The number of carbonyl (C=O) groups is 3. The van der Waals surface area contributed by atoms with Crippen LogP contribution in [0.4, 0.5) is 0 Å². The maximum atomic E-state index is 11.5. The Morgan fingerprint density at radius 2 is 1.59 bits per heavy atom. The molecule has 0 bridgehead atoms. The SMILES string of the molecule is CCC(=O)OC(C(C)C)C(C)Oc1ccc(OC)cc1.COc1ccnc(C(N)=O)c1OCOC(C)=O. The molecule has 2 rings (SSSR count). The Morgan fingerprint density at radius 1 is 0.973 bits per heavy atom. The molecule has 37 heavy (non-hydrogen) atoms. The fourth-order valence-corrected chi connectivity index (χ4v) is 3.02. The Kier molecular flexibility index (Phi) is 13.3. The molecule has 1 heterocycles. The van der Waals surface area contributed by atoms with Gasteiger partial charge in [0, 0.05) is 25.6 Å². The van der Waals surface area contributed by atoms with Gasteiger partial charge < -0.3 is 34.2 Å². The van der Waals surface area contributed by atoms with Crippen molar-refractivity contribution in [3.63, 3.8) is 0 Å². The Hall–Kier alpha value is -4.02. The van der Waals surface area contributed by atoms with Crippen LogP contribution in [0.5, 0.6) is 23.0 Å². The van der Waals surface area contributed by atoms with Gasteiger partial charge in [-0.25, -0.2) is 4.98 Å². The van der Waals surface area contributed by atoms with Gasteiger partial charge in [0.25, 0.3) is 5.91 Å². The lowest BCUT2D eigenvalue weighted by atomic mass is 10.0. The van der Waals surface area contributed by atoms with Crippen LogP contribution in [-0.2, 0) is 19.1 Å². The lowest BCUT2D eigenvalue weighted by molar-refractivity contribution is -0.156. The van der Waals surface area contributed by atoms with E-state index in [2.05, 4.69) is 9.72 Å². The van der Waals surface area contributed by atoms with Gasteiger partial charge in [-0.3, -0.25) is 14.4 Å². The number of benzene rings is 1. The van der Waals surface area contributed by atoms with E-state index in [-0.39, 0.29) is 48.1 Å². The van der Waals surface area contributed by atoms with Crippen molar-refractivity contribution in [1.82, 2.24) is 4.98 Å². The molecule has 2 aromatic rings. The Morgan fingerprint density at radius 3 is 2.08 bits per heavy atom. The van der Waals surface area contributed by atoms with Crippen LogP contribution in [0.1, 0.15) is 51.5 Å². The molecule has 11 nitrogen and oxygen atoms in total. The highest BCUT2D eigenvalue weighted by Gasteiger charge is 2.26. The fraction of sp³-hybridized carbons (Fsp3) is 0.462. The number of rotatable bonds is 12. The van der Waals surface area contributed by atoms with E-state index >= 15 is 0 Å². The zero-order valence-electron chi connectivity index (χ0n) is 22.3. The monoisotopic (exact) mass is 520 g/mol. The number of hydrogen-bond donors (Lipinski definition) is 1. The number of esters is 2. The summed E-state index contributed by atoms with van der Waals surface area (Å²) in [6.07, 6.45) is 1.26. The van der Waals surface area contributed by atoms with Crippen molar-refractivity contribution in [3.8, 4) is 23.0 Å². The van der Waals surface area contributed by atoms with Crippen molar-refractivity contribution in [3.05, 3.63) is 42.2 Å². The predicted octanol–water partition coefficient (Wildman–Crippen LogP) is 3.53. The van der Waals surface area contributed by atoms with E-state index in [1.807, 2.05) is 45.0 Å². The third-order valence-electron chi connectivity index (χ3n) is 4.84. The minimum absolute atomic E-state index is 0.0451. The van der Waals surface area contributed by atoms with E-state index in [0.29, 0.717) is 6.42 Å². The standard InChI is InChI=1S/C16H24O4.C10H12N2O5/c1-6-15(17)20-16(11(2)3)12(4)19-14-9-7-13(18-5)8-10-14;1-6(13)16-5-17-9-7(15-2)3-4-12-8(9)10(11)14/h7-12,16H,6H2,1-5H3;3-4H,5H2,1-2H3,(H2,11,14). The molecule has 0 aliphatic heterocycles. The number of pyridine rings is 1. The minimum atomic E-state index is -0.762. The highest BCUT2D eigenvalue weighted by atomic mass is 16.7. The molecule has 0 saturated heterocycles. The van der Waals surface area contributed by atoms with E-state index in [1.54, 1.807) is 14.0 Å². The molecule has 1 aromatic heterocycles. The third-order valence-corrected chi connectivity index (χ3v) is 4.84. The van der Waals surface area contributed by atoms with E-state index in [9.17, 15) is 14.4 Å². The smallest absolute Gasteiger partial charge is 0.305 e. The van der Waals surface area contributed by atoms with Gasteiger partial charge >= 0.3 is 11.9 Å². The van der Waals surface area contributed by atoms with Crippen LogP contribution < -0.4 is 24.7 Å². The van der Waals surface area contributed by atoms with E-state index < -0.39 is 11.9 Å².